The van der Waals surface area contributed by atoms with Gasteiger partial charge in [-0.15, -0.1) is 0 Å². The molecule has 154 valence electrons. The molecular formula is C19H14F5NO3S. The van der Waals surface area contributed by atoms with Crippen LogP contribution in [-0.4, -0.2) is 12.7 Å². The minimum atomic E-state index is -4.74. The Morgan fingerprint density at radius 3 is 2.31 bits per heavy atom. The van der Waals surface area contributed by atoms with Crippen LogP contribution in [0.4, 0.5) is 22.0 Å². The first kappa shape index (κ1) is 21.0. The lowest BCUT2D eigenvalue weighted by atomic mass is 10.2. The smallest absolute Gasteiger partial charge is 0.416 e. The normalized spacial score (nSPS) is 12.5. The van der Waals surface area contributed by atoms with Gasteiger partial charge in [0.1, 0.15) is 5.76 Å². The molecule has 0 radical (unpaired) electrons. The van der Waals surface area contributed by atoms with E-state index in [2.05, 4.69) is 0 Å². The van der Waals surface area contributed by atoms with E-state index in [0.29, 0.717) is 6.07 Å². The zero-order valence-electron chi connectivity index (χ0n) is 14.7. The van der Waals surface area contributed by atoms with Crippen molar-refractivity contribution in [2.45, 2.75) is 24.2 Å². The number of nitrogens with zero attached hydrogens (tertiary/aromatic N) is 1. The largest absolute Gasteiger partial charge is 0.468 e. The van der Waals surface area contributed by atoms with E-state index in [-0.39, 0.29) is 17.9 Å². The van der Waals surface area contributed by atoms with Crippen LogP contribution in [0.2, 0.25) is 0 Å². The van der Waals surface area contributed by atoms with Gasteiger partial charge in [0.25, 0.3) is 0 Å². The number of halogens is 5. The maximum absolute atomic E-state index is 14.1. The molecule has 29 heavy (non-hydrogen) atoms. The van der Waals surface area contributed by atoms with Crippen LogP contribution in [0.3, 0.4) is 0 Å². The lowest BCUT2D eigenvalue weighted by Gasteiger charge is -2.22. The molecule has 4 nitrogen and oxygen atoms in total. The fourth-order valence-corrected chi connectivity index (χ4v) is 4.08. The third kappa shape index (κ3) is 4.65. The second kappa shape index (κ2) is 7.96. The summed E-state index contributed by atoms with van der Waals surface area (Å²) in [6, 6.07) is 9.41. The zero-order valence-corrected chi connectivity index (χ0v) is 15.5. The number of rotatable bonds is 6. The quantitative estimate of drug-likeness (QED) is 0.518. The van der Waals surface area contributed by atoms with Crippen LogP contribution in [0.15, 0.2) is 70.2 Å². The van der Waals surface area contributed by atoms with E-state index in [4.69, 9.17) is 4.42 Å². The Bertz CT molecular complexity index is 1100. The molecule has 3 rings (SSSR count). The molecule has 0 saturated heterocycles. The molecule has 0 atom stereocenters. The van der Waals surface area contributed by atoms with Crippen molar-refractivity contribution in [2.24, 2.45) is 0 Å². The average Bonchev–Trinajstić information content (AvgIpc) is 3.17. The maximum Gasteiger partial charge on any atom is 0.416 e. The molecular weight excluding hydrogens is 417 g/mol. The Kier molecular flexibility index (Phi) is 5.76. The number of hydrogen-bond acceptors (Lipinski definition) is 3. The summed E-state index contributed by atoms with van der Waals surface area (Å²) in [6.45, 7) is -0.996. The van der Waals surface area contributed by atoms with E-state index < -0.39 is 44.8 Å². The summed E-state index contributed by atoms with van der Waals surface area (Å²) in [7, 11) is -4.50. The van der Waals surface area contributed by atoms with Crippen molar-refractivity contribution in [3.05, 3.63) is 89.4 Å². The van der Waals surface area contributed by atoms with Crippen molar-refractivity contribution in [1.82, 2.24) is 4.31 Å². The lowest BCUT2D eigenvalue weighted by Crippen LogP contribution is -2.31. The van der Waals surface area contributed by atoms with E-state index in [1.165, 1.54) is 30.5 Å². The van der Waals surface area contributed by atoms with Crippen LogP contribution in [0.5, 0.6) is 0 Å². The molecule has 0 aliphatic rings. The van der Waals surface area contributed by atoms with Gasteiger partial charge in [-0.1, -0.05) is 18.2 Å². The minimum Gasteiger partial charge on any atom is -0.468 e. The molecule has 3 aromatic rings. The zero-order chi connectivity index (χ0) is 21.2. The lowest BCUT2D eigenvalue weighted by molar-refractivity contribution is -0.137. The van der Waals surface area contributed by atoms with Gasteiger partial charge in [0, 0.05) is 12.1 Å². The summed E-state index contributed by atoms with van der Waals surface area (Å²) in [5.41, 5.74) is -1.42. The highest BCUT2D eigenvalue weighted by molar-refractivity contribution is 7.89. The number of sulfonamides is 1. The standard InChI is InChI=1S/C19H14F5NO3S/c20-17-8-1-4-13(18(17)21)11-25(12-15-6-3-9-28-15)29(26,27)16-7-2-5-14(10-16)19(22,23)24/h1-10H,11-12H2. The molecule has 10 heteroatoms. The summed E-state index contributed by atoms with van der Waals surface area (Å²) < 4.78 is 98.5. The predicted molar refractivity (Wildman–Crippen MR) is 92.9 cm³/mol. The van der Waals surface area contributed by atoms with Crippen LogP contribution in [0.1, 0.15) is 16.9 Å². The van der Waals surface area contributed by atoms with Crippen LogP contribution in [0.25, 0.3) is 0 Å². The number of alkyl halides is 3. The first-order chi connectivity index (χ1) is 13.6. The molecule has 0 spiro atoms. The van der Waals surface area contributed by atoms with Crippen molar-refractivity contribution in [3.63, 3.8) is 0 Å². The summed E-state index contributed by atoms with van der Waals surface area (Å²) in [6.07, 6.45) is -3.46. The van der Waals surface area contributed by atoms with Gasteiger partial charge < -0.3 is 4.42 Å². The van der Waals surface area contributed by atoms with E-state index >= 15 is 0 Å². The van der Waals surface area contributed by atoms with Crippen molar-refractivity contribution in [2.75, 3.05) is 0 Å². The molecule has 1 heterocycles. The first-order valence-electron chi connectivity index (χ1n) is 8.22. The van der Waals surface area contributed by atoms with E-state index in [0.717, 1.165) is 28.6 Å². The highest BCUT2D eigenvalue weighted by Crippen LogP contribution is 2.32. The number of benzene rings is 2. The summed E-state index contributed by atoms with van der Waals surface area (Å²) >= 11 is 0. The molecule has 0 N–H and O–H groups in total. The molecule has 0 aliphatic heterocycles. The van der Waals surface area contributed by atoms with E-state index in [1.54, 1.807) is 0 Å². The van der Waals surface area contributed by atoms with Gasteiger partial charge >= 0.3 is 6.18 Å². The molecule has 0 unspecified atom stereocenters. The minimum absolute atomic E-state index is 0.178. The number of furan rings is 1. The predicted octanol–water partition coefficient (Wildman–Crippen LogP) is 4.97. The first-order valence-corrected chi connectivity index (χ1v) is 9.66. The van der Waals surface area contributed by atoms with Crippen LogP contribution in [-0.2, 0) is 29.3 Å². The third-order valence-corrected chi connectivity index (χ3v) is 5.88. The summed E-state index contributed by atoms with van der Waals surface area (Å²) in [5.74, 6) is -2.23. The van der Waals surface area contributed by atoms with Gasteiger partial charge in [0.05, 0.1) is 23.3 Å². The van der Waals surface area contributed by atoms with Crippen molar-refractivity contribution >= 4 is 10.0 Å². The summed E-state index contributed by atoms with van der Waals surface area (Å²) in [4.78, 5) is -0.629. The van der Waals surface area contributed by atoms with Crippen LogP contribution < -0.4 is 0 Å². The van der Waals surface area contributed by atoms with Gasteiger partial charge in [0.2, 0.25) is 10.0 Å². The van der Waals surface area contributed by atoms with Gasteiger partial charge in [-0.2, -0.15) is 17.5 Å². The fourth-order valence-electron chi connectivity index (χ4n) is 2.64. The topological polar surface area (TPSA) is 50.5 Å². The molecule has 0 amide bonds. The van der Waals surface area contributed by atoms with Crippen molar-refractivity contribution in [3.8, 4) is 0 Å². The Hall–Kier alpha value is -2.72. The van der Waals surface area contributed by atoms with Crippen LogP contribution in [0, 0.1) is 11.6 Å². The molecule has 0 bridgehead atoms. The second-order valence-corrected chi connectivity index (χ2v) is 8.03. The van der Waals surface area contributed by atoms with Gasteiger partial charge in [-0.05, 0) is 36.4 Å². The highest BCUT2D eigenvalue weighted by Gasteiger charge is 2.33. The molecule has 2 aromatic carbocycles. The fraction of sp³-hybridized carbons (Fsp3) is 0.158. The Morgan fingerprint density at radius 1 is 0.931 bits per heavy atom. The van der Waals surface area contributed by atoms with Gasteiger partial charge in [0.15, 0.2) is 11.6 Å². The van der Waals surface area contributed by atoms with E-state index in [1.807, 2.05) is 0 Å². The molecule has 0 saturated carbocycles. The van der Waals surface area contributed by atoms with Crippen LogP contribution >= 0.6 is 0 Å². The average molecular weight is 431 g/mol. The molecule has 0 fully saturated rings. The van der Waals surface area contributed by atoms with Gasteiger partial charge in [-0.3, -0.25) is 0 Å². The SMILES string of the molecule is O=S(=O)(c1cccc(C(F)(F)F)c1)N(Cc1ccco1)Cc1cccc(F)c1F. The maximum atomic E-state index is 14.1. The second-order valence-electron chi connectivity index (χ2n) is 6.09. The number of hydrogen-bond donors (Lipinski definition) is 0. The molecule has 0 aliphatic carbocycles. The Labute approximate surface area is 163 Å². The van der Waals surface area contributed by atoms with Gasteiger partial charge in [-0.25, -0.2) is 17.2 Å². The highest BCUT2D eigenvalue weighted by atomic mass is 32.2. The van der Waals surface area contributed by atoms with Crippen molar-refractivity contribution in [1.29, 1.82) is 0 Å². The third-order valence-electron chi connectivity index (χ3n) is 4.09. The monoisotopic (exact) mass is 431 g/mol. The molecule has 1 aromatic heterocycles. The van der Waals surface area contributed by atoms with E-state index in [9.17, 15) is 30.4 Å². The van der Waals surface area contributed by atoms with Crippen molar-refractivity contribution < 1.29 is 34.8 Å². The summed E-state index contributed by atoms with van der Waals surface area (Å²) in [5, 5.41) is 0. The Morgan fingerprint density at radius 2 is 1.66 bits per heavy atom. The Balaban J connectivity index is 2.04.